The van der Waals surface area contributed by atoms with Crippen molar-refractivity contribution in [1.29, 1.82) is 0 Å². The van der Waals surface area contributed by atoms with Gasteiger partial charge in [-0.25, -0.2) is 0 Å². The molecule has 3 atom stereocenters. The average molecular weight is 381 g/mol. The molecular formula is C18H25BrN2O2. The minimum Gasteiger partial charge on any atom is -0.381 e. The van der Waals surface area contributed by atoms with Gasteiger partial charge < -0.3 is 10.1 Å². The SMILES string of the molecule is CO[C@H]1CC(NC(=O)c2ccc(Br)cc2C)C(N2CCCC2)C1. The maximum atomic E-state index is 12.7. The van der Waals surface area contributed by atoms with E-state index in [4.69, 9.17) is 4.74 Å². The van der Waals surface area contributed by atoms with Crippen LogP contribution in [0.15, 0.2) is 22.7 Å². The number of likely N-dealkylation sites (tertiary alicyclic amines) is 1. The highest BCUT2D eigenvalue weighted by Gasteiger charge is 2.39. The van der Waals surface area contributed by atoms with Crippen LogP contribution in [-0.4, -0.2) is 49.2 Å². The van der Waals surface area contributed by atoms with Crippen LogP contribution in [0.2, 0.25) is 0 Å². The van der Waals surface area contributed by atoms with Gasteiger partial charge in [-0.3, -0.25) is 9.69 Å². The fourth-order valence-corrected chi connectivity index (χ4v) is 4.40. The maximum Gasteiger partial charge on any atom is 0.251 e. The first-order valence-electron chi connectivity index (χ1n) is 8.42. The predicted molar refractivity (Wildman–Crippen MR) is 94.8 cm³/mol. The van der Waals surface area contributed by atoms with Gasteiger partial charge >= 0.3 is 0 Å². The zero-order valence-electron chi connectivity index (χ0n) is 13.8. The van der Waals surface area contributed by atoms with Gasteiger partial charge in [-0.05, 0) is 69.5 Å². The smallest absolute Gasteiger partial charge is 0.251 e. The number of hydrogen-bond acceptors (Lipinski definition) is 3. The zero-order chi connectivity index (χ0) is 16.4. The van der Waals surface area contributed by atoms with Crippen molar-refractivity contribution in [2.45, 2.75) is 50.8 Å². The van der Waals surface area contributed by atoms with Gasteiger partial charge in [0, 0.05) is 29.2 Å². The molecular weight excluding hydrogens is 356 g/mol. The Morgan fingerprint density at radius 3 is 2.70 bits per heavy atom. The summed E-state index contributed by atoms with van der Waals surface area (Å²) in [6.07, 6.45) is 4.69. The number of carbonyl (C=O) groups excluding carboxylic acids is 1. The van der Waals surface area contributed by atoms with E-state index in [1.807, 2.05) is 25.1 Å². The number of rotatable bonds is 4. The monoisotopic (exact) mass is 380 g/mol. The number of aryl methyl sites for hydroxylation is 1. The Labute approximate surface area is 146 Å². The van der Waals surface area contributed by atoms with E-state index in [-0.39, 0.29) is 18.1 Å². The van der Waals surface area contributed by atoms with Crippen molar-refractivity contribution in [1.82, 2.24) is 10.2 Å². The Bertz CT molecular complexity index is 572. The molecule has 2 unspecified atom stereocenters. The third-order valence-electron chi connectivity index (χ3n) is 5.18. The quantitative estimate of drug-likeness (QED) is 0.872. The van der Waals surface area contributed by atoms with E-state index in [0.717, 1.165) is 41.5 Å². The Kier molecular flexibility index (Phi) is 5.39. The van der Waals surface area contributed by atoms with Crippen LogP contribution >= 0.6 is 15.9 Å². The van der Waals surface area contributed by atoms with E-state index >= 15 is 0 Å². The number of benzene rings is 1. The lowest BCUT2D eigenvalue weighted by Crippen LogP contribution is -2.47. The summed E-state index contributed by atoms with van der Waals surface area (Å²) < 4.78 is 6.58. The van der Waals surface area contributed by atoms with Crippen molar-refractivity contribution < 1.29 is 9.53 Å². The minimum atomic E-state index is 0.0287. The zero-order valence-corrected chi connectivity index (χ0v) is 15.4. The molecule has 23 heavy (non-hydrogen) atoms. The molecule has 1 amide bonds. The van der Waals surface area contributed by atoms with Crippen LogP contribution in [-0.2, 0) is 4.74 Å². The van der Waals surface area contributed by atoms with Crippen molar-refractivity contribution in [2.75, 3.05) is 20.2 Å². The average Bonchev–Trinajstić information content (AvgIpc) is 3.15. The molecule has 1 saturated heterocycles. The van der Waals surface area contributed by atoms with Crippen LogP contribution < -0.4 is 5.32 Å². The molecule has 0 aromatic heterocycles. The lowest BCUT2D eigenvalue weighted by atomic mass is 10.1. The fourth-order valence-electron chi connectivity index (χ4n) is 3.92. The molecule has 5 heteroatoms. The highest BCUT2D eigenvalue weighted by atomic mass is 79.9. The normalized spacial score (nSPS) is 28.2. The van der Waals surface area contributed by atoms with Crippen molar-refractivity contribution in [3.8, 4) is 0 Å². The van der Waals surface area contributed by atoms with Gasteiger partial charge in [-0.15, -0.1) is 0 Å². The van der Waals surface area contributed by atoms with Crippen molar-refractivity contribution in [2.24, 2.45) is 0 Å². The second-order valence-corrected chi connectivity index (χ2v) is 7.59. The molecule has 4 nitrogen and oxygen atoms in total. The molecule has 0 spiro atoms. The molecule has 0 radical (unpaired) electrons. The first-order valence-corrected chi connectivity index (χ1v) is 9.21. The third-order valence-corrected chi connectivity index (χ3v) is 5.67. The standard InChI is InChI=1S/C18H25BrN2O2/c1-12-9-13(19)5-6-15(12)18(22)20-16-10-14(23-2)11-17(16)21-7-3-4-8-21/h5-6,9,14,16-17H,3-4,7-8,10-11H2,1-2H3,(H,20,22)/t14-,16?,17?/m0/s1. The Hall–Kier alpha value is -0.910. The Morgan fingerprint density at radius 2 is 2.04 bits per heavy atom. The highest BCUT2D eigenvalue weighted by Crippen LogP contribution is 2.29. The molecule has 1 aromatic rings. The molecule has 0 bridgehead atoms. The molecule has 3 rings (SSSR count). The highest BCUT2D eigenvalue weighted by molar-refractivity contribution is 9.10. The van der Waals surface area contributed by atoms with Crippen LogP contribution in [0.1, 0.15) is 41.6 Å². The third kappa shape index (κ3) is 3.78. The van der Waals surface area contributed by atoms with E-state index in [1.165, 1.54) is 12.8 Å². The van der Waals surface area contributed by atoms with Gasteiger partial charge in [0.05, 0.1) is 6.10 Å². The largest absolute Gasteiger partial charge is 0.381 e. The second-order valence-electron chi connectivity index (χ2n) is 6.68. The van der Waals surface area contributed by atoms with Crippen LogP contribution in [0, 0.1) is 6.92 Å². The minimum absolute atomic E-state index is 0.0287. The van der Waals surface area contributed by atoms with Gasteiger partial charge in [-0.1, -0.05) is 15.9 Å². The topological polar surface area (TPSA) is 41.6 Å². The number of methoxy groups -OCH3 is 1. The van der Waals surface area contributed by atoms with Crippen molar-refractivity contribution in [3.05, 3.63) is 33.8 Å². The number of nitrogens with one attached hydrogen (secondary N) is 1. The van der Waals surface area contributed by atoms with Gasteiger partial charge in [0.15, 0.2) is 0 Å². The summed E-state index contributed by atoms with van der Waals surface area (Å²) in [5, 5.41) is 3.27. The maximum absolute atomic E-state index is 12.7. The summed E-state index contributed by atoms with van der Waals surface area (Å²) in [6.45, 7) is 4.26. The van der Waals surface area contributed by atoms with E-state index in [0.29, 0.717) is 6.04 Å². The van der Waals surface area contributed by atoms with Crippen molar-refractivity contribution >= 4 is 21.8 Å². The summed E-state index contributed by atoms with van der Waals surface area (Å²) in [5.41, 5.74) is 1.75. The van der Waals surface area contributed by atoms with Gasteiger partial charge in [0.2, 0.25) is 0 Å². The molecule has 1 aliphatic carbocycles. The van der Waals surface area contributed by atoms with E-state index < -0.39 is 0 Å². The summed E-state index contributed by atoms with van der Waals surface area (Å²) in [7, 11) is 1.77. The Morgan fingerprint density at radius 1 is 1.30 bits per heavy atom. The fraction of sp³-hybridized carbons (Fsp3) is 0.611. The molecule has 1 aliphatic heterocycles. The molecule has 2 fully saturated rings. The summed E-state index contributed by atoms with van der Waals surface area (Å²) in [4.78, 5) is 15.2. The summed E-state index contributed by atoms with van der Waals surface area (Å²) in [5.74, 6) is 0.0287. The molecule has 1 saturated carbocycles. The number of halogens is 1. The van der Waals surface area contributed by atoms with Crippen molar-refractivity contribution in [3.63, 3.8) is 0 Å². The van der Waals surface area contributed by atoms with E-state index in [1.54, 1.807) is 7.11 Å². The van der Waals surface area contributed by atoms with Crippen LogP contribution in [0.3, 0.4) is 0 Å². The number of amides is 1. The van der Waals surface area contributed by atoms with Gasteiger partial charge in [-0.2, -0.15) is 0 Å². The van der Waals surface area contributed by atoms with E-state index in [2.05, 4.69) is 26.1 Å². The number of hydrogen-bond donors (Lipinski definition) is 1. The lowest BCUT2D eigenvalue weighted by Gasteiger charge is -2.29. The lowest BCUT2D eigenvalue weighted by molar-refractivity contribution is 0.0908. The Balaban J connectivity index is 1.72. The number of nitrogens with zero attached hydrogens (tertiary/aromatic N) is 1. The number of carbonyl (C=O) groups is 1. The second kappa shape index (κ2) is 7.32. The van der Waals surface area contributed by atoms with Gasteiger partial charge in [0.1, 0.15) is 0 Å². The molecule has 1 heterocycles. The predicted octanol–water partition coefficient (Wildman–Crippen LogP) is 3.13. The summed E-state index contributed by atoms with van der Waals surface area (Å²) >= 11 is 3.45. The first-order chi connectivity index (χ1) is 11.1. The molecule has 126 valence electrons. The summed E-state index contributed by atoms with van der Waals surface area (Å²) in [6, 6.07) is 6.38. The number of ether oxygens (including phenoxy) is 1. The van der Waals surface area contributed by atoms with E-state index in [9.17, 15) is 4.79 Å². The van der Waals surface area contributed by atoms with Gasteiger partial charge in [0.25, 0.3) is 5.91 Å². The van der Waals surface area contributed by atoms with Crippen LogP contribution in [0.5, 0.6) is 0 Å². The molecule has 2 aliphatic rings. The molecule has 1 N–H and O–H groups in total. The first kappa shape index (κ1) is 16.9. The van der Waals surface area contributed by atoms with Crippen LogP contribution in [0.25, 0.3) is 0 Å². The molecule has 1 aromatic carbocycles. The van der Waals surface area contributed by atoms with Crippen LogP contribution in [0.4, 0.5) is 0 Å².